The summed E-state index contributed by atoms with van der Waals surface area (Å²) in [6.45, 7) is 4.56. The molecule has 26 heavy (non-hydrogen) atoms. The van der Waals surface area contributed by atoms with Crippen LogP contribution in [-0.2, 0) is 5.41 Å². The van der Waals surface area contributed by atoms with Gasteiger partial charge in [0.05, 0.1) is 14.2 Å². The molecule has 0 spiro atoms. The lowest BCUT2D eigenvalue weighted by atomic mass is 9.63. The molecule has 0 amide bonds. The standard InChI is InChI=1S/C24H26O2/c1-18(2)24(19-8-6-5-7-9-19,20-10-14-22(25-3)15-11-20)21-12-16-23(26-4)17-13-21/h5-18H,1-4H3. The predicted molar refractivity (Wildman–Crippen MR) is 107 cm³/mol. The molecule has 0 aliphatic heterocycles. The van der Waals surface area contributed by atoms with Crippen LogP contribution in [0.2, 0.25) is 0 Å². The number of ether oxygens (including phenoxy) is 2. The van der Waals surface area contributed by atoms with Crippen molar-refractivity contribution in [2.45, 2.75) is 19.3 Å². The molecule has 0 aliphatic carbocycles. The topological polar surface area (TPSA) is 18.5 Å². The van der Waals surface area contributed by atoms with E-state index in [1.807, 2.05) is 24.3 Å². The fraction of sp³-hybridized carbons (Fsp3) is 0.250. The highest BCUT2D eigenvalue weighted by atomic mass is 16.5. The van der Waals surface area contributed by atoms with E-state index in [0.717, 1.165) is 11.5 Å². The Morgan fingerprint density at radius 3 is 1.31 bits per heavy atom. The lowest BCUT2D eigenvalue weighted by Gasteiger charge is -2.40. The number of hydrogen-bond donors (Lipinski definition) is 0. The monoisotopic (exact) mass is 346 g/mol. The summed E-state index contributed by atoms with van der Waals surface area (Å²) >= 11 is 0. The summed E-state index contributed by atoms with van der Waals surface area (Å²) < 4.78 is 10.7. The molecule has 0 heterocycles. The number of benzene rings is 3. The molecule has 0 bridgehead atoms. The number of methoxy groups -OCH3 is 2. The second kappa shape index (κ2) is 7.65. The van der Waals surface area contributed by atoms with Crippen LogP contribution in [-0.4, -0.2) is 14.2 Å². The highest BCUT2D eigenvalue weighted by molar-refractivity contribution is 5.52. The molecule has 0 radical (unpaired) electrons. The summed E-state index contributed by atoms with van der Waals surface area (Å²) in [5.74, 6) is 2.09. The van der Waals surface area contributed by atoms with Gasteiger partial charge < -0.3 is 9.47 Å². The summed E-state index contributed by atoms with van der Waals surface area (Å²) in [5.41, 5.74) is 3.54. The first-order valence-corrected chi connectivity index (χ1v) is 8.97. The lowest BCUT2D eigenvalue weighted by Crippen LogP contribution is -2.35. The van der Waals surface area contributed by atoms with Crippen molar-refractivity contribution in [2.75, 3.05) is 14.2 Å². The minimum atomic E-state index is -0.250. The minimum absolute atomic E-state index is 0.250. The van der Waals surface area contributed by atoms with Gasteiger partial charge in [0, 0.05) is 5.41 Å². The number of hydrogen-bond acceptors (Lipinski definition) is 2. The maximum absolute atomic E-state index is 5.37. The summed E-state index contributed by atoms with van der Waals surface area (Å²) in [5, 5.41) is 0. The normalized spacial score (nSPS) is 11.4. The third-order valence-electron chi connectivity index (χ3n) is 5.19. The Morgan fingerprint density at radius 2 is 0.962 bits per heavy atom. The maximum atomic E-state index is 5.37. The van der Waals surface area contributed by atoms with Crippen molar-refractivity contribution in [3.05, 3.63) is 95.6 Å². The van der Waals surface area contributed by atoms with E-state index >= 15 is 0 Å². The molecule has 0 unspecified atom stereocenters. The van der Waals surface area contributed by atoms with Gasteiger partial charge in [-0.05, 0) is 46.9 Å². The van der Waals surface area contributed by atoms with Crippen molar-refractivity contribution < 1.29 is 9.47 Å². The first-order valence-electron chi connectivity index (χ1n) is 8.97. The molecule has 0 aliphatic rings. The Morgan fingerprint density at radius 1 is 0.577 bits per heavy atom. The highest BCUT2D eigenvalue weighted by Crippen LogP contribution is 2.45. The molecule has 0 saturated carbocycles. The molecule has 2 nitrogen and oxygen atoms in total. The zero-order chi connectivity index (χ0) is 18.6. The maximum Gasteiger partial charge on any atom is 0.118 e. The van der Waals surface area contributed by atoms with Crippen molar-refractivity contribution in [3.8, 4) is 11.5 Å². The van der Waals surface area contributed by atoms with Gasteiger partial charge in [-0.1, -0.05) is 68.4 Å². The van der Waals surface area contributed by atoms with E-state index in [9.17, 15) is 0 Å². The van der Waals surface area contributed by atoms with Crippen molar-refractivity contribution in [1.29, 1.82) is 0 Å². The zero-order valence-corrected chi connectivity index (χ0v) is 15.9. The van der Waals surface area contributed by atoms with Crippen LogP contribution in [0.5, 0.6) is 11.5 Å². The molecular weight excluding hydrogens is 320 g/mol. The molecule has 0 saturated heterocycles. The molecule has 3 rings (SSSR count). The predicted octanol–water partition coefficient (Wildman–Crippen LogP) is 5.69. The Bertz CT molecular complexity index is 771. The Labute approximate surface area is 156 Å². The molecule has 3 aromatic rings. The van der Waals surface area contributed by atoms with Gasteiger partial charge in [-0.2, -0.15) is 0 Å². The lowest BCUT2D eigenvalue weighted by molar-refractivity contribution is 0.409. The molecule has 0 atom stereocenters. The summed E-state index contributed by atoms with van der Waals surface area (Å²) in [6, 6.07) is 27.6. The van der Waals surface area contributed by atoms with Gasteiger partial charge in [-0.15, -0.1) is 0 Å². The third-order valence-corrected chi connectivity index (χ3v) is 5.19. The first kappa shape index (κ1) is 18.1. The van der Waals surface area contributed by atoms with Crippen LogP contribution >= 0.6 is 0 Å². The Kier molecular flexibility index (Phi) is 5.32. The van der Waals surface area contributed by atoms with Crippen LogP contribution in [0, 0.1) is 5.92 Å². The first-order chi connectivity index (χ1) is 12.6. The zero-order valence-electron chi connectivity index (χ0n) is 15.9. The van der Waals surface area contributed by atoms with E-state index in [-0.39, 0.29) is 5.41 Å². The van der Waals surface area contributed by atoms with Gasteiger partial charge in [0.2, 0.25) is 0 Å². The number of rotatable bonds is 6. The molecule has 134 valence electrons. The second-order valence-corrected chi connectivity index (χ2v) is 6.79. The van der Waals surface area contributed by atoms with Crippen molar-refractivity contribution in [2.24, 2.45) is 5.92 Å². The van der Waals surface area contributed by atoms with Crippen LogP contribution in [0.25, 0.3) is 0 Å². The fourth-order valence-electron chi connectivity index (χ4n) is 3.91. The van der Waals surface area contributed by atoms with Gasteiger partial charge in [-0.3, -0.25) is 0 Å². The van der Waals surface area contributed by atoms with Crippen molar-refractivity contribution in [1.82, 2.24) is 0 Å². The summed E-state index contributed by atoms with van der Waals surface area (Å²) in [4.78, 5) is 0. The fourth-order valence-corrected chi connectivity index (χ4v) is 3.91. The summed E-state index contributed by atoms with van der Waals surface area (Å²) in [7, 11) is 3.40. The van der Waals surface area contributed by atoms with E-state index in [0.29, 0.717) is 5.92 Å². The SMILES string of the molecule is COc1ccc(C(c2ccccc2)(c2ccc(OC)cc2)C(C)C)cc1. The molecule has 2 heteroatoms. The van der Waals surface area contributed by atoms with E-state index < -0.39 is 0 Å². The van der Waals surface area contributed by atoms with Gasteiger partial charge in [0.25, 0.3) is 0 Å². The molecule has 0 N–H and O–H groups in total. The average molecular weight is 346 g/mol. The second-order valence-electron chi connectivity index (χ2n) is 6.79. The molecular formula is C24H26O2. The summed E-state index contributed by atoms with van der Waals surface area (Å²) in [6.07, 6.45) is 0. The van der Waals surface area contributed by atoms with E-state index in [1.54, 1.807) is 14.2 Å². The van der Waals surface area contributed by atoms with Crippen LogP contribution in [0.4, 0.5) is 0 Å². The van der Waals surface area contributed by atoms with Crippen LogP contribution in [0.15, 0.2) is 78.9 Å². The third kappa shape index (κ3) is 3.08. The highest BCUT2D eigenvalue weighted by Gasteiger charge is 2.39. The van der Waals surface area contributed by atoms with Crippen LogP contribution < -0.4 is 9.47 Å². The molecule has 3 aromatic carbocycles. The molecule has 0 fully saturated rings. The quantitative estimate of drug-likeness (QED) is 0.534. The smallest absolute Gasteiger partial charge is 0.118 e. The van der Waals surface area contributed by atoms with Gasteiger partial charge in [-0.25, -0.2) is 0 Å². The van der Waals surface area contributed by atoms with Crippen LogP contribution in [0.3, 0.4) is 0 Å². The van der Waals surface area contributed by atoms with Crippen LogP contribution in [0.1, 0.15) is 30.5 Å². The Balaban J connectivity index is 2.27. The van der Waals surface area contributed by atoms with Gasteiger partial charge in [0.15, 0.2) is 0 Å². The van der Waals surface area contributed by atoms with Crippen molar-refractivity contribution in [3.63, 3.8) is 0 Å². The van der Waals surface area contributed by atoms with Gasteiger partial charge in [0.1, 0.15) is 11.5 Å². The van der Waals surface area contributed by atoms with E-state index in [4.69, 9.17) is 9.47 Å². The van der Waals surface area contributed by atoms with E-state index in [1.165, 1.54) is 16.7 Å². The van der Waals surface area contributed by atoms with E-state index in [2.05, 4.69) is 68.4 Å². The van der Waals surface area contributed by atoms with Gasteiger partial charge >= 0.3 is 0 Å². The largest absolute Gasteiger partial charge is 0.497 e. The molecule has 0 aromatic heterocycles. The van der Waals surface area contributed by atoms with Crippen molar-refractivity contribution >= 4 is 0 Å². The minimum Gasteiger partial charge on any atom is -0.497 e. The Hall–Kier alpha value is -2.74. The average Bonchev–Trinajstić information content (AvgIpc) is 2.70.